The van der Waals surface area contributed by atoms with Gasteiger partial charge in [-0.1, -0.05) is 18.5 Å². The van der Waals surface area contributed by atoms with Gasteiger partial charge >= 0.3 is 0 Å². The van der Waals surface area contributed by atoms with Crippen LogP contribution in [0.15, 0.2) is 12.1 Å². The molecule has 0 saturated heterocycles. The summed E-state index contributed by atoms with van der Waals surface area (Å²) in [6, 6.07) is 3.78. The highest BCUT2D eigenvalue weighted by molar-refractivity contribution is 6.30. The van der Waals surface area contributed by atoms with Gasteiger partial charge < -0.3 is 9.84 Å². The number of methoxy groups -OCH3 is 1. The molecule has 0 amide bonds. The number of ether oxygens (including phenoxy) is 1. The van der Waals surface area contributed by atoms with Crippen LogP contribution in [0.2, 0.25) is 5.02 Å². The zero-order valence-corrected chi connectivity index (χ0v) is 10.5. The Morgan fingerprint density at radius 3 is 2.62 bits per heavy atom. The second-order valence-corrected chi connectivity index (χ2v) is 4.94. The van der Waals surface area contributed by atoms with Gasteiger partial charge in [0.05, 0.1) is 12.7 Å². The molecule has 0 aromatic heterocycles. The third-order valence-electron chi connectivity index (χ3n) is 3.19. The normalized spacial score (nSPS) is 17.2. The van der Waals surface area contributed by atoms with Gasteiger partial charge in [-0.2, -0.15) is 0 Å². The van der Waals surface area contributed by atoms with Crippen molar-refractivity contribution in [2.24, 2.45) is 0 Å². The van der Waals surface area contributed by atoms with Gasteiger partial charge in [-0.05, 0) is 42.5 Å². The Bertz CT molecular complexity index is 397. The zero-order valence-electron chi connectivity index (χ0n) is 9.72. The van der Waals surface area contributed by atoms with Crippen molar-refractivity contribution in [1.82, 2.24) is 0 Å². The van der Waals surface area contributed by atoms with Gasteiger partial charge in [-0.3, -0.25) is 0 Å². The molecule has 3 heteroatoms. The maximum Gasteiger partial charge on any atom is 0.123 e. The molecule has 16 heavy (non-hydrogen) atoms. The molecule has 1 aromatic rings. The number of rotatable bonds is 4. The molecule has 1 aliphatic carbocycles. The summed E-state index contributed by atoms with van der Waals surface area (Å²) >= 11 is 6.05. The van der Waals surface area contributed by atoms with Crippen molar-refractivity contribution in [3.8, 4) is 5.75 Å². The highest BCUT2D eigenvalue weighted by atomic mass is 35.5. The molecule has 1 saturated carbocycles. The summed E-state index contributed by atoms with van der Waals surface area (Å²) in [5.74, 6) is 0.828. The van der Waals surface area contributed by atoms with Gasteiger partial charge in [0.2, 0.25) is 0 Å². The number of benzene rings is 1. The fraction of sp³-hybridized carbons (Fsp3) is 0.538. The maximum absolute atomic E-state index is 9.97. The second kappa shape index (κ2) is 4.27. The van der Waals surface area contributed by atoms with Gasteiger partial charge in [0, 0.05) is 11.4 Å². The summed E-state index contributed by atoms with van der Waals surface area (Å²) in [6.07, 6.45) is 3.37. The van der Waals surface area contributed by atoms with Crippen molar-refractivity contribution in [1.29, 1.82) is 0 Å². The van der Waals surface area contributed by atoms with E-state index in [4.69, 9.17) is 16.3 Å². The molecule has 1 aliphatic rings. The molecular formula is C13H17ClO2. The molecule has 0 spiro atoms. The number of hydrogen-bond donors (Lipinski definition) is 1. The van der Waals surface area contributed by atoms with Crippen molar-refractivity contribution in [3.05, 3.63) is 28.3 Å². The lowest BCUT2D eigenvalue weighted by molar-refractivity contribution is 0.150. The first-order chi connectivity index (χ1) is 7.58. The highest BCUT2D eigenvalue weighted by Gasteiger charge is 2.40. The molecule has 1 N–H and O–H groups in total. The van der Waals surface area contributed by atoms with Crippen molar-refractivity contribution in [2.75, 3.05) is 7.11 Å². The smallest absolute Gasteiger partial charge is 0.123 e. The van der Waals surface area contributed by atoms with Crippen LogP contribution in [-0.4, -0.2) is 17.8 Å². The number of halogens is 1. The number of aliphatic hydroxyl groups is 1. The van der Waals surface area contributed by atoms with Gasteiger partial charge in [-0.25, -0.2) is 0 Å². The predicted molar refractivity (Wildman–Crippen MR) is 65.3 cm³/mol. The first kappa shape index (κ1) is 11.7. The van der Waals surface area contributed by atoms with Crippen LogP contribution in [0.5, 0.6) is 5.75 Å². The average molecular weight is 241 g/mol. The predicted octanol–water partition coefficient (Wildman–Crippen LogP) is 2.98. The molecule has 2 rings (SSSR count). The summed E-state index contributed by atoms with van der Waals surface area (Å²) in [7, 11) is 1.65. The quantitative estimate of drug-likeness (QED) is 0.877. The van der Waals surface area contributed by atoms with Crippen LogP contribution in [0.3, 0.4) is 0 Å². The largest absolute Gasteiger partial charge is 0.496 e. The Balaban J connectivity index is 2.37. The minimum Gasteiger partial charge on any atom is -0.496 e. The summed E-state index contributed by atoms with van der Waals surface area (Å²) in [6.45, 7) is 2.09. The molecule has 1 fully saturated rings. The van der Waals surface area contributed by atoms with Crippen LogP contribution in [0.1, 0.15) is 30.9 Å². The van der Waals surface area contributed by atoms with Crippen LogP contribution in [-0.2, 0) is 12.8 Å². The Morgan fingerprint density at radius 2 is 2.12 bits per heavy atom. The van der Waals surface area contributed by atoms with E-state index in [-0.39, 0.29) is 0 Å². The summed E-state index contributed by atoms with van der Waals surface area (Å²) < 4.78 is 5.33. The molecule has 2 nitrogen and oxygen atoms in total. The molecule has 1 aromatic carbocycles. The lowest BCUT2D eigenvalue weighted by atomic mass is 9.98. The van der Waals surface area contributed by atoms with Gasteiger partial charge in [-0.15, -0.1) is 0 Å². The van der Waals surface area contributed by atoms with E-state index in [0.717, 1.165) is 36.1 Å². The van der Waals surface area contributed by atoms with Crippen LogP contribution >= 0.6 is 11.6 Å². The molecule has 0 radical (unpaired) electrons. The SMILES string of the molecule is CCc1c(CC2(O)CC2)cc(Cl)cc1OC. The van der Waals surface area contributed by atoms with Crippen molar-refractivity contribution < 1.29 is 9.84 Å². The second-order valence-electron chi connectivity index (χ2n) is 4.50. The standard InChI is InChI=1S/C13H17ClO2/c1-3-11-9(8-13(15)4-5-13)6-10(14)7-12(11)16-2/h6-7,15H,3-5,8H2,1-2H3. The summed E-state index contributed by atoms with van der Waals surface area (Å²) in [5, 5.41) is 10.6. The Hall–Kier alpha value is -0.730. The highest BCUT2D eigenvalue weighted by Crippen LogP contribution is 2.40. The first-order valence-corrected chi connectivity index (χ1v) is 6.03. The molecule has 0 aliphatic heterocycles. The van der Waals surface area contributed by atoms with Crippen molar-refractivity contribution in [3.63, 3.8) is 0 Å². The van der Waals surface area contributed by atoms with Gasteiger partial charge in [0.15, 0.2) is 0 Å². The van der Waals surface area contributed by atoms with E-state index in [2.05, 4.69) is 6.92 Å². The Morgan fingerprint density at radius 1 is 1.44 bits per heavy atom. The lowest BCUT2D eigenvalue weighted by Crippen LogP contribution is -2.12. The fourth-order valence-electron chi connectivity index (χ4n) is 2.08. The number of hydrogen-bond acceptors (Lipinski definition) is 2. The minimum atomic E-state index is -0.486. The van der Waals surface area contributed by atoms with Crippen LogP contribution in [0, 0.1) is 0 Å². The van der Waals surface area contributed by atoms with E-state index < -0.39 is 5.60 Å². The molecule has 0 unspecified atom stereocenters. The van der Waals surface area contributed by atoms with Gasteiger partial charge in [0.25, 0.3) is 0 Å². The van der Waals surface area contributed by atoms with Gasteiger partial charge in [0.1, 0.15) is 5.75 Å². The van der Waals surface area contributed by atoms with E-state index in [1.807, 2.05) is 12.1 Å². The Labute approximate surface area is 101 Å². The van der Waals surface area contributed by atoms with Crippen molar-refractivity contribution >= 4 is 11.6 Å². The zero-order chi connectivity index (χ0) is 11.8. The van der Waals surface area contributed by atoms with E-state index in [1.165, 1.54) is 0 Å². The van der Waals surface area contributed by atoms with Crippen LogP contribution < -0.4 is 4.74 Å². The maximum atomic E-state index is 9.97. The molecule has 0 atom stereocenters. The summed E-state index contributed by atoms with van der Waals surface area (Å²) in [5.41, 5.74) is 1.79. The van der Waals surface area contributed by atoms with E-state index >= 15 is 0 Å². The monoisotopic (exact) mass is 240 g/mol. The summed E-state index contributed by atoms with van der Waals surface area (Å²) in [4.78, 5) is 0. The lowest BCUT2D eigenvalue weighted by Gasteiger charge is -2.15. The van der Waals surface area contributed by atoms with E-state index in [1.54, 1.807) is 7.11 Å². The topological polar surface area (TPSA) is 29.5 Å². The fourth-order valence-corrected chi connectivity index (χ4v) is 2.31. The minimum absolute atomic E-state index is 0.486. The molecule has 88 valence electrons. The van der Waals surface area contributed by atoms with E-state index in [9.17, 15) is 5.11 Å². The first-order valence-electron chi connectivity index (χ1n) is 5.65. The molecule has 0 heterocycles. The third kappa shape index (κ3) is 2.33. The van der Waals surface area contributed by atoms with Crippen LogP contribution in [0.25, 0.3) is 0 Å². The average Bonchev–Trinajstić information content (AvgIpc) is 2.95. The molecular weight excluding hydrogens is 224 g/mol. The van der Waals surface area contributed by atoms with Crippen molar-refractivity contribution in [2.45, 2.75) is 38.2 Å². The van der Waals surface area contributed by atoms with E-state index in [0.29, 0.717) is 11.4 Å². The molecule has 0 bridgehead atoms. The van der Waals surface area contributed by atoms with Crippen LogP contribution in [0.4, 0.5) is 0 Å². The Kier molecular flexibility index (Phi) is 3.13. The third-order valence-corrected chi connectivity index (χ3v) is 3.40.